The van der Waals surface area contributed by atoms with E-state index in [0.717, 1.165) is 0 Å². The highest BCUT2D eigenvalue weighted by Crippen LogP contribution is 2.36. The van der Waals surface area contributed by atoms with E-state index in [1.54, 1.807) is 24.3 Å². The van der Waals surface area contributed by atoms with Gasteiger partial charge in [0.05, 0.1) is 42.6 Å². The van der Waals surface area contributed by atoms with Gasteiger partial charge in [-0.1, -0.05) is 23.7 Å². The van der Waals surface area contributed by atoms with Crippen molar-refractivity contribution in [1.82, 2.24) is 5.32 Å². The van der Waals surface area contributed by atoms with E-state index in [2.05, 4.69) is 16.0 Å². The molecule has 2 aromatic carbocycles. The molecule has 0 fully saturated rings. The highest BCUT2D eigenvalue weighted by molar-refractivity contribution is 6.32. The van der Waals surface area contributed by atoms with Crippen LogP contribution in [0.25, 0.3) is 0 Å². The Kier molecular flexibility index (Phi) is 5.70. The van der Waals surface area contributed by atoms with Gasteiger partial charge >= 0.3 is 0 Å². The first kappa shape index (κ1) is 19.5. The Morgan fingerprint density at radius 1 is 1.14 bits per heavy atom. The first-order valence-electron chi connectivity index (χ1n) is 8.35. The largest absolute Gasteiger partial charge is 0.495 e. The smallest absolute Gasteiger partial charge is 0.254 e. The second kappa shape index (κ2) is 8.18. The summed E-state index contributed by atoms with van der Waals surface area (Å²) < 4.78 is 10.3. The maximum absolute atomic E-state index is 12.5. The lowest BCUT2D eigenvalue weighted by Crippen LogP contribution is -2.43. The molecule has 146 valence electrons. The van der Waals surface area contributed by atoms with E-state index < -0.39 is 23.8 Å². The summed E-state index contributed by atoms with van der Waals surface area (Å²) in [6.07, 6.45) is -0.266. The van der Waals surface area contributed by atoms with Crippen LogP contribution in [0.3, 0.4) is 0 Å². The normalized spacial score (nSPS) is 15.6. The van der Waals surface area contributed by atoms with Crippen LogP contribution in [-0.2, 0) is 9.59 Å². The molecule has 0 bridgehead atoms. The third-order valence-corrected chi connectivity index (χ3v) is 4.48. The molecule has 1 atom stereocenters. The molecule has 0 unspecified atom stereocenters. The molecule has 0 saturated carbocycles. The summed E-state index contributed by atoms with van der Waals surface area (Å²) in [7, 11) is 2.90. The maximum Gasteiger partial charge on any atom is 0.254 e. The van der Waals surface area contributed by atoms with Crippen molar-refractivity contribution in [2.45, 2.75) is 12.5 Å². The van der Waals surface area contributed by atoms with Crippen LogP contribution in [0.1, 0.15) is 16.8 Å². The van der Waals surface area contributed by atoms with Crippen molar-refractivity contribution in [3.05, 3.63) is 47.0 Å². The van der Waals surface area contributed by atoms with Gasteiger partial charge in [0.25, 0.3) is 5.91 Å². The summed E-state index contributed by atoms with van der Waals surface area (Å²) in [6.45, 7) is 0. The van der Waals surface area contributed by atoms with Crippen molar-refractivity contribution in [3.63, 3.8) is 0 Å². The van der Waals surface area contributed by atoms with E-state index in [0.29, 0.717) is 28.4 Å². The monoisotopic (exact) mass is 403 g/mol. The van der Waals surface area contributed by atoms with E-state index >= 15 is 0 Å². The number of hydrogen-bond donors (Lipinski definition) is 3. The van der Waals surface area contributed by atoms with Gasteiger partial charge in [0, 0.05) is 6.07 Å². The molecular formula is C19H18ClN3O5. The summed E-state index contributed by atoms with van der Waals surface area (Å²) in [5, 5.41) is 8.15. The number of benzene rings is 2. The summed E-state index contributed by atoms with van der Waals surface area (Å²) in [6, 6.07) is 8.61. The summed E-state index contributed by atoms with van der Waals surface area (Å²) >= 11 is 6.10. The second-order valence-corrected chi connectivity index (χ2v) is 6.41. The molecule has 9 heteroatoms. The van der Waals surface area contributed by atoms with Gasteiger partial charge in [-0.3, -0.25) is 14.4 Å². The van der Waals surface area contributed by atoms with Crippen LogP contribution in [0.4, 0.5) is 11.4 Å². The number of carbonyl (C=O) groups excluding carboxylic acids is 3. The first-order valence-corrected chi connectivity index (χ1v) is 8.73. The molecule has 0 saturated heterocycles. The predicted octanol–water partition coefficient (Wildman–Crippen LogP) is 2.44. The predicted molar refractivity (Wildman–Crippen MR) is 104 cm³/mol. The fourth-order valence-electron chi connectivity index (χ4n) is 2.80. The first-order chi connectivity index (χ1) is 13.4. The van der Waals surface area contributed by atoms with Gasteiger partial charge in [-0.15, -0.1) is 0 Å². The van der Waals surface area contributed by atoms with Crippen LogP contribution in [0.2, 0.25) is 5.02 Å². The topological polar surface area (TPSA) is 106 Å². The third-order valence-electron chi connectivity index (χ3n) is 4.19. The highest BCUT2D eigenvalue weighted by atomic mass is 35.5. The fourth-order valence-corrected chi connectivity index (χ4v) is 3.04. The quantitative estimate of drug-likeness (QED) is 0.711. The molecule has 28 heavy (non-hydrogen) atoms. The summed E-state index contributed by atoms with van der Waals surface area (Å²) in [5.74, 6) is -0.669. The zero-order valence-corrected chi connectivity index (χ0v) is 15.9. The Hall–Kier alpha value is -3.26. The SMILES string of the molecule is COc1cc(OC)c(NC(=O)C[C@H]2NC(=O)c3ccccc3NC2=O)cc1Cl. The van der Waals surface area contributed by atoms with E-state index in [-0.39, 0.29) is 11.4 Å². The zero-order valence-electron chi connectivity index (χ0n) is 15.2. The number of rotatable bonds is 5. The van der Waals surface area contributed by atoms with Gasteiger partial charge in [0.2, 0.25) is 11.8 Å². The van der Waals surface area contributed by atoms with Gasteiger partial charge < -0.3 is 25.4 Å². The highest BCUT2D eigenvalue weighted by Gasteiger charge is 2.29. The Morgan fingerprint density at radius 2 is 1.86 bits per heavy atom. The van der Waals surface area contributed by atoms with Crippen LogP contribution < -0.4 is 25.4 Å². The Balaban J connectivity index is 1.74. The van der Waals surface area contributed by atoms with E-state index in [9.17, 15) is 14.4 Å². The number of carbonyl (C=O) groups is 3. The molecule has 0 radical (unpaired) electrons. The van der Waals surface area contributed by atoms with E-state index in [4.69, 9.17) is 21.1 Å². The van der Waals surface area contributed by atoms with Gasteiger partial charge in [-0.25, -0.2) is 0 Å². The van der Waals surface area contributed by atoms with Crippen LogP contribution >= 0.6 is 11.6 Å². The molecule has 3 N–H and O–H groups in total. The van der Waals surface area contributed by atoms with Gasteiger partial charge in [0.1, 0.15) is 17.5 Å². The average Bonchev–Trinajstić information content (AvgIpc) is 2.78. The average molecular weight is 404 g/mol. The van der Waals surface area contributed by atoms with Gasteiger partial charge in [0.15, 0.2) is 0 Å². The maximum atomic E-state index is 12.5. The summed E-state index contributed by atoms with van der Waals surface area (Å²) in [4.78, 5) is 37.2. The molecule has 0 aliphatic carbocycles. The molecule has 0 spiro atoms. The van der Waals surface area contributed by atoms with Crippen LogP contribution in [0, 0.1) is 0 Å². The number of amides is 3. The number of fused-ring (bicyclic) bond motifs is 1. The molecule has 3 amide bonds. The van der Waals surface area contributed by atoms with Crippen molar-refractivity contribution in [2.75, 3.05) is 24.9 Å². The van der Waals surface area contributed by atoms with Crippen molar-refractivity contribution >= 4 is 40.7 Å². The van der Waals surface area contributed by atoms with Gasteiger partial charge in [-0.05, 0) is 18.2 Å². The van der Waals surface area contributed by atoms with Crippen molar-refractivity contribution in [1.29, 1.82) is 0 Å². The number of methoxy groups -OCH3 is 2. The Labute approximate surface area is 166 Å². The molecule has 0 aromatic heterocycles. The molecule has 1 aliphatic heterocycles. The molecule has 1 aliphatic rings. The van der Waals surface area contributed by atoms with E-state index in [1.807, 2.05) is 0 Å². The lowest BCUT2D eigenvalue weighted by atomic mass is 10.1. The van der Waals surface area contributed by atoms with Crippen molar-refractivity contribution in [3.8, 4) is 11.5 Å². The molecule has 1 heterocycles. The molecule has 8 nitrogen and oxygen atoms in total. The van der Waals surface area contributed by atoms with Crippen LogP contribution in [-0.4, -0.2) is 38.0 Å². The van der Waals surface area contributed by atoms with Crippen molar-refractivity contribution < 1.29 is 23.9 Å². The minimum Gasteiger partial charge on any atom is -0.495 e. The van der Waals surface area contributed by atoms with Crippen LogP contribution in [0.15, 0.2) is 36.4 Å². The minimum atomic E-state index is -1.03. The standard InChI is InChI=1S/C19H18ClN3O5/c1-27-15-9-16(28-2)13(7-11(15)20)21-17(24)8-14-19(26)22-12-6-4-3-5-10(12)18(25)23-14/h3-7,9,14H,8H2,1-2H3,(H,21,24)(H,22,26)(H,23,25)/t14-/m1/s1. The molecule has 2 aromatic rings. The lowest BCUT2D eigenvalue weighted by Gasteiger charge is -2.16. The second-order valence-electron chi connectivity index (χ2n) is 6.00. The lowest BCUT2D eigenvalue weighted by molar-refractivity contribution is -0.122. The zero-order chi connectivity index (χ0) is 20.3. The number of anilines is 2. The molecule has 3 rings (SSSR count). The number of nitrogens with one attached hydrogen (secondary N) is 3. The fraction of sp³-hybridized carbons (Fsp3) is 0.211. The third kappa shape index (κ3) is 4.01. The minimum absolute atomic E-state index is 0.266. The number of hydrogen-bond acceptors (Lipinski definition) is 5. The number of ether oxygens (including phenoxy) is 2. The number of halogens is 1. The van der Waals surface area contributed by atoms with Crippen LogP contribution in [0.5, 0.6) is 11.5 Å². The van der Waals surface area contributed by atoms with Gasteiger partial charge in [-0.2, -0.15) is 0 Å². The Bertz CT molecular complexity index is 947. The Morgan fingerprint density at radius 3 is 2.57 bits per heavy atom. The number of para-hydroxylation sites is 1. The van der Waals surface area contributed by atoms with Crippen molar-refractivity contribution in [2.24, 2.45) is 0 Å². The molecular weight excluding hydrogens is 386 g/mol. The van der Waals surface area contributed by atoms with E-state index in [1.165, 1.54) is 26.4 Å². The summed E-state index contributed by atoms with van der Waals surface area (Å²) in [5.41, 5.74) is 1.06.